The smallest absolute Gasteiger partial charge is 0.290 e. The number of hydrogen-bond acceptors (Lipinski definition) is 4. The number of rotatable bonds is 3. The summed E-state index contributed by atoms with van der Waals surface area (Å²) in [5.74, 6) is -0.159. The fourth-order valence-corrected chi connectivity index (χ4v) is 3.41. The Labute approximate surface area is 141 Å². The van der Waals surface area contributed by atoms with Crippen LogP contribution in [0.25, 0.3) is 0 Å². The second-order valence-electron chi connectivity index (χ2n) is 6.22. The van der Waals surface area contributed by atoms with Gasteiger partial charge in [-0.25, -0.2) is 0 Å². The number of furan rings is 1. The highest BCUT2D eigenvalue weighted by molar-refractivity contribution is 5.96. The zero-order chi connectivity index (χ0) is 17.1. The van der Waals surface area contributed by atoms with Gasteiger partial charge in [0.2, 0.25) is 11.8 Å². The molecule has 7 heteroatoms. The van der Waals surface area contributed by atoms with Crippen LogP contribution >= 0.6 is 0 Å². The minimum absolute atomic E-state index is 0.0307. The molecule has 0 aromatic carbocycles. The molecule has 1 atom stereocenters. The highest BCUT2D eigenvalue weighted by Crippen LogP contribution is 2.22. The summed E-state index contributed by atoms with van der Waals surface area (Å²) in [5, 5.41) is 0. The van der Waals surface area contributed by atoms with E-state index in [2.05, 4.69) is 0 Å². The van der Waals surface area contributed by atoms with E-state index in [-0.39, 0.29) is 30.0 Å². The molecule has 0 bridgehead atoms. The Hall–Kier alpha value is -2.31. The Morgan fingerprint density at radius 2 is 2.08 bits per heavy atom. The predicted octanol–water partition coefficient (Wildman–Crippen LogP) is 0.965. The molecule has 3 amide bonds. The molecule has 2 aliphatic heterocycles. The van der Waals surface area contributed by atoms with Crippen molar-refractivity contribution in [1.82, 2.24) is 14.7 Å². The van der Waals surface area contributed by atoms with Crippen molar-refractivity contribution < 1.29 is 18.8 Å². The van der Waals surface area contributed by atoms with Gasteiger partial charge in [0.15, 0.2) is 5.76 Å². The Kier molecular flexibility index (Phi) is 4.87. The van der Waals surface area contributed by atoms with Crippen molar-refractivity contribution in [1.29, 1.82) is 0 Å². The molecule has 3 rings (SSSR count). The van der Waals surface area contributed by atoms with E-state index in [1.54, 1.807) is 26.8 Å². The maximum atomic E-state index is 12.9. The molecule has 7 nitrogen and oxygen atoms in total. The second-order valence-corrected chi connectivity index (χ2v) is 6.22. The molecular formula is C17H23N3O4. The Morgan fingerprint density at radius 3 is 2.75 bits per heavy atom. The van der Waals surface area contributed by atoms with Crippen molar-refractivity contribution in [3.63, 3.8) is 0 Å². The minimum atomic E-state index is -0.502. The summed E-state index contributed by atoms with van der Waals surface area (Å²) < 4.78 is 5.19. The van der Waals surface area contributed by atoms with Crippen LogP contribution in [0.3, 0.4) is 0 Å². The van der Waals surface area contributed by atoms with Gasteiger partial charge in [0.25, 0.3) is 5.91 Å². The van der Waals surface area contributed by atoms with Gasteiger partial charge in [-0.2, -0.15) is 0 Å². The molecule has 2 aliphatic rings. The summed E-state index contributed by atoms with van der Waals surface area (Å²) in [7, 11) is 0. The van der Waals surface area contributed by atoms with Crippen LogP contribution in [0.1, 0.15) is 36.7 Å². The lowest BCUT2D eigenvalue weighted by molar-refractivity contribution is -0.148. The molecule has 1 aromatic heterocycles. The van der Waals surface area contributed by atoms with E-state index < -0.39 is 6.04 Å². The molecule has 3 heterocycles. The van der Waals surface area contributed by atoms with Gasteiger partial charge in [-0.15, -0.1) is 0 Å². The Morgan fingerprint density at radius 1 is 1.25 bits per heavy atom. The number of likely N-dealkylation sites (tertiary alicyclic amines) is 1. The largest absolute Gasteiger partial charge is 0.459 e. The van der Waals surface area contributed by atoms with Crippen molar-refractivity contribution in [2.75, 3.05) is 32.7 Å². The quantitative estimate of drug-likeness (QED) is 0.826. The normalized spacial score (nSPS) is 22.0. The lowest BCUT2D eigenvalue weighted by Crippen LogP contribution is -2.58. The molecule has 0 spiro atoms. The number of likely N-dealkylation sites (N-methyl/N-ethyl adjacent to an activating group) is 1. The lowest BCUT2D eigenvalue weighted by atomic mass is 10.00. The molecule has 2 saturated heterocycles. The summed E-state index contributed by atoms with van der Waals surface area (Å²) in [6.07, 6.45) is 3.87. The maximum absolute atomic E-state index is 12.9. The molecule has 24 heavy (non-hydrogen) atoms. The predicted molar refractivity (Wildman–Crippen MR) is 86.2 cm³/mol. The van der Waals surface area contributed by atoms with E-state index in [1.807, 2.05) is 6.92 Å². The van der Waals surface area contributed by atoms with E-state index in [9.17, 15) is 14.4 Å². The molecule has 1 unspecified atom stereocenters. The van der Waals surface area contributed by atoms with E-state index in [0.717, 1.165) is 12.8 Å². The molecule has 0 saturated carbocycles. The van der Waals surface area contributed by atoms with Gasteiger partial charge in [0.1, 0.15) is 6.04 Å². The summed E-state index contributed by atoms with van der Waals surface area (Å²) in [6, 6.07) is 2.77. The van der Waals surface area contributed by atoms with Gasteiger partial charge >= 0.3 is 0 Å². The topological polar surface area (TPSA) is 74.1 Å². The van der Waals surface area contributed by atoms with Crippen LogP contribution in [0.5, 0.6) is 0 Å². The van der Waals surface area contributed by atoms with Crippen LogP contribution in [-0.4, -0.2) is 71.2 Å². The first-order valence-corrected chi connectivity index (χ1v) is 8.53. The van der Waals surface area contributed by atoms with Gasteiger partial charge in [-0.3, -0.25) is 14.4 Å². The fourth-order valence-electron chi connectivity index (χ4n) is 3.41. The zero-order valence-electron chi connectivity index (χ0n) is 13.9. The van der Waals surface area contributed by atoms with E-state index in [1.165, 1.54) is 6.26 Å². The number of carbonyl (C=O) groups is 3. The van der Waals surface area contributed by atoms with Crippen molar-refractivity contribution in [3.05, 3.63) is 24.2 Å². The maximum Gasteiger partial charge on any atom is 0.290 e. The van der Waals surface area contributed by atoms with Crippen molar-refractivity contribution in [2.45, 2.75) is 32.2 Å². The lowest BCUT2D eigenvalue weighted by Gasteiger charge is -2.40. The van der Waals surface area contributed by atoms with Gasteiger partial charge < -0.3 is 19.1 Å². The Balaban J connectivity index is 1.72. The summed E-state index contributed by atoms with van der Waals surface area (Å²) >= 11 is 0. The average Bonchev–Trinajstić information content (AvgIpc) is 3.15. The summed E-state index contributed by atoms with van der Waals surface area (Å²) in [4.78, 5) is 42.5. The third-order valence-electron chi connectivity index (χ3n) is 4.79. The molecule has 2 fully saturated rings. The van der Waals surface area contributed by atoms with Gasteiger partial charge in [-0.1, -0.05) is 0 Å². The number of amides is 3. The number of piperazine rings is 1. The molecule has 0 N–H and O–H groups in total. The standard InChI is InChI=1S/C17H23N3O4/c1-2-18-9-10-19(12-15(18)21)16(22)13-6-3-4-8-20(13)17(23)14-7-5-11-24-14/h5,7,11,13H,2-4,6,8-10,12H2,1H3. The second kappa shape index (κ2) is 7.07. The van der Waals surface area contributed by atoms with Gasteiger partial charge in [0.05, 0.1) is 12.8 Å². The molecular weight excluding hydrogens is 310 g/mol. The van der Waals surface area contributed by atoms with Crippen molar-refractivity contribution in [3.8, 4) is 0 Å². The third kappa shape index (κ3) is 3.16. The van der Waals surface area contributed by atoms with E-state index in [0.29, 0.717) is 32.6 Å². The number of hydrogen-bond donors (Lipinski definition) is 0. The van der Waals surface area contributed by atoms with Crippen LogP contribution in [0, 0.1) is 0 Å². The van der Waals surface area contributed by atoms with Crippen molar-refractivity contribution >= 4 is 17.7 Å². The average molecular weight is 333 g/mol. The first-order valence-electron chi connectivity index (χ1n) is 8.53. The van der Waals surface area contributed by atoms with Gasteiger partial charge in [0, 0.05) is 26.2 Å². The highest BCUT2D eigenvalue weighted by atomic mass is 16.3. The van der Waals surface area contributed by atoms with Crippen LogP contribution in [-0.2, 0) is 9.59 Å². The highest BCUT2D eigenvalue weighted by Gasteiger charge is 2.38. The van der Waals surface area contributed by atoms with E-state index >= 15 is 0 Å². The van der Waals surface area contributed by atoms with E-state index in [4.69, 9.17) is 4.42 Å². The first-order chi connectivity index (χ1) is 11.6. The summed E-state index contributed by atoms with van der Waals surface area (Å²) in [6.45, 7) is 4.32. The SMILES string of the molecule is CCN1CCN(C(=O)C2CCCCN2C(=O)c2ccco2)CC1=O. The van der Waals surface area contributed by atoms with Crippen molar-refractivity contribution in [2.24, 2.45) is 0 Å². The number of piperidine rings is 1. The summed E-state index contributed by atoms with van der Waals surface area (Å²) in [5.41, 5.74) is 0. The molecule has 0 radical (unpaired) electrons. The Bertz CT molecular complexity index is 613. The van der Waals surface area contributed by atoms with Crippen LogP contribution in [0.4, 0.5) is 0 Å². The first kappa shape index (κ1) is 16.5. The van der Waals surface area contributed by atoms with Crippen LogP contribution in [0.2, 0.25) is 0 Å². The van der Waals surface area contributed by atoms with Crippen LogP contribution in [0.15, 0.2) is 22.8 Å². The fraction of sp³-hybridized carbons (Fsp3) is 0.588. The monoisotopic (exact) mass is 333 g/mol. The van der Waals surface area contributed by atoms with Crippen LogP contribution < -0.4 is 0 Å². The number of carbonyl (C=O) groups excluding carboxylic acids is 3. The molecule has 1 aromatic rings. The number of nitrogens with zero attached hydrogens (tertiary/aromatic N) is 3. The molecule has 130 valence electrons. The zero-order valence-corrected chi connectivity index (χ0v) is 13.9. The minimum Gasteiger partial charge on any atom is -0.459 e. The molecule has 0 aliphatic carbocycles. The van der Waals surface area contributed by atoms with Gasteiger partial charge in [-0.05, 0) is 38.3 Å². The third-order valence-corrected chi connectivity index (χ3v) is 4.79.